The average molecular weight is 341 g/mol. The number of nitrogens with zero attached hydrogens (tertiary/aromatic N) is 1. The van der Waals surface area contributed by atoms with E-state index in [-0.39, 0.29) is 5.91 Å². The van der Waals surface area contributed by atoms with Gasteiger partial charge >= 0.3 is 0 Å². The second kappa shape index (κ2) is 8.73. The van der Waals surface area contributed by atoms with Crippen LogP contribution in [0.25, 0.3) is 0 Å². The van der Waals surface area contributed by atoms with Gasteiger partial charge in [-0.25, -0.2) is 5.43 Å². The Kier molecular flexibility index (Phi) is 6.39. The molecule has 2 aromatic rings. The molecule has 0 bridgehead atoms. The maximum Gasteiger partial charge on any atom is 0.271 e. The van der Waals surface area contributed by atoms with Crippen molar-refractivity contribution in [3.63, 3.8) is 0 Å². The van der Waals surface area contributed by atoms with Crippen molar-refractivity contribution in [1.82, 2.24) is 5.43 Å². The molecule has 6 nitrogen and oxygen atoms in total. The summed E-state index contributed by atoms with van der Waals surface area (Å²) in [7, 11) is 0. The number of nitrogens with two attached hydrogens (primary N) is 1. The molecule has 0 heterocycles. The molecule has 2 rings (SSSR count). The molecular weight excluding hydrogens is 318 g/mol. The van der Waals surface area contributed by atoms with Crippen LogP contribution in [0.1, 0.15) is 36.7 Å². The monoisotopic (exact) mass is 341 g/mol. The highest BCUT2D eigenvalue weighted by atomic mass is 16.5. The Labute approximate surface area is 147 Å². The van der Waals surface area contributed by atoms with E-state index in [4.69, 9.17) is 15.2 Å². The van der Waals surface area contributed by atoms with Crippen LogP contribution in [0.15, 0.2) is 47.6 Å². The predicted octanol–water partition coefficient (Wildman–Crippen LogP) is 3.22. The summed E-state index contributed by atoms with van der Waals surface area (Å²) in [6.07, 6.45) is 0. The quantitative estimate of drug-likeness (QED) is 0.460. The molecule has 0 saturated carbocycles. The third-order valence-corrected chi connectivity index (χ3v) is 3.46. The van der Waals surface area contributed by atoms with Crippen LogP contribution in [0.2, 0.25) is 0 Å². The molecule has 0 radical (unpaired) electrons. The number of ether oxygens (including phenoxy) is 2. The Hall–Kier alpha value is -3.02. The standard InChI is InChI=1S/C19H23N3O3/c1-4-24-17-11-8-15(12-18(17)25-5-2)13(3)21-22-19(23)14-6-9-16(20)10-7-14/h6-12H,4-5,20H2,1-3H3,(H,22,23)/b21-13-. The third-order valence-electron chi connectivity index (χ3n) is 3.46. The number of nitrogen functional groups attached to an aromatic ring is 1. The van der Waals surface area contributed by atoms with Crippen LogP contribution in [-0.2, 0) is 0 Å². The molecule has 132 valence electrons. The fraction of sp³-hybridized carbons (Fsp3) is 0.263. The van der Waals surface area contributed by atoms with Gasteiger partial charge in [-0.1, -0.05) is 0 Å². The maximum atomic E-state index is 12.1. The van der Waals surface area contributed by atoms with Gasteiger partial charge in [0, 0.05) is 16.8 Å². The van der Waals surface area contributed by atoms with Crippen LogP contribution >= 0.6 is 0 Å². The van der Waals surface area contributed by atoms with E-state index in [2.05, 4.69) is 10.5 Å². The fourth-order valence-corrected chi connectivity index (χ4v) is 2.17. The topological polar surface area (TPSA) is 85.9 Å². The lowest BCUT2D eigenvalue weighted by Gasteiger charge is -2.12. The first kappa shape index (κ1) is 18.3. The molecule has 0 fully saturated rings. The Morgan fingerprint density at radius 2 is 1.60 bits per heavy atom. The number of hydrazone groups is 1. The molecule has 0 unspecified atom stereocenters. The molecule has 0 aromatic heterocycles. The molecule has 0 spiro atoms. The number of rotatable bonds is 7. The van der Waals surface area contributed by atoms with E-state index in [1.165, 1.54) is 0 Å². The van der Waals surface area contributed by atoms with Crippen LogP contribution in [0, 0.1) is 0 Å². The normalized spacial score (nSPS) is 11.1. The van der Waals surface area contributed by atoms with Crippen molar-refractivity contribution in [3.05, 3.63) is 53.6 Å². The second-order valence-electron chi connectivity index (χ2n) is 5.29. The summed E-state index contributed by atoms with van der Waals surface area (Å²) >= 11 is 0. The smallest absolute Gasteiger partial charge is 0.271 e. The molecule has 0 aliphatic heterocycles. The largest absolute Gasteiger partial charge is 0.490 e. The highest BCUT2D eigenvalue weighted by molar-refractivity contribution is 6.01. The van der Waals surface area contributed by atoms with Crippen molar-refractivity contribution >= 4 is 17.3 Å². The number of amides is 1. The minimum absolute atomic E-state index is 0.296. The molecule has 0 aliphatic carbocycles. The van der Waals surface area contributed by atoms with Gasteiger partial charge in [0.2, 0.25) is 0 Å². The zero-order chi connectivity index (χ0) is 18.2. The summed E-state index contributed by atoms with van der Waals surface area (Å²) in [5.41, 5.74) is 10.8. The molecule has 0 aliphatic rings. The molecule has 0 saturated heterocycles. The van der Waals surface area contributed by atoms with Crippen molar-refractivity contribution in [1.29, 1.82) is 0 Å². The predicted molar refractivity (Wildman–Crippen MR) is 99.3 cm³/mol. The number of anilines is 1. The summed E-state index contributed by atoms with van der Waals surface area (Å²) < 4.78 is 11.2. The van der Waals surface area contributed by atoms with E-state index in [1.807, 2.05) is 39.0 Å². The first-order chi connectivity index (χ1) is 12.0. The van der Waals surface area contributed by atoms with Gasteiger partial charge in [-0.3, -0.25) is 4.79 Å². The lowest BCUT2D eigenvalue weighted by Crippen LogP contribution is -2.19. The Morgan fingerprint density at radius 1 is 1.00 bits per heavy atom. The minimum Gasteiger partial charge on any atom is -0.490 e. The number of benzene rings is 2. The number of hydrogen-bond acceptors (Lipinski definition) is 5. The van der Waals surface area contributed by atoms with Gasteiger partial charge < -0.3 is 15.2 Å². The summed E-state index contributed by atoms with van der Waals surface area (Å²) in [4.78, 5) is 12.1. The number of nitrogens with one attached hydrogen (secondary N) is 1. The van der Waals surface area contributed by atoms with Crippen LogP contribution in [0.4, 0.5) is 5.69 Å². The summed E-state index contributed by atoms with van der Waals surface area (Å²) in [5, 5.41) is 4.16. The van der Waals surface area contributed by atoms with Gasteiger partial charge in [0.1, 0.15) is 0 Å². The fourth-order valence-electron chi connectivity index (χ4n) is 2.17. The van der Waals surface area contributed by atoms with E-state index in [9.17, 15) is 4.79 Å². The molecule has 25 heavy (non-hydrogen) atoms. The highest BCUT2D eigenvalue weighted by Crippen LogP contribution is 2.28. The van der Waals surface area contributed by atoms with Crippen molar-refractivity contribution in [2.24, 2.45) is 5.10 Å². The highest BCUT2D eigenvalue weighted by Gasteiger charge is 2.09. The van der Waals surface area contributed by atoms with Crippen molar-refractivity contribution in [2.45, 2.75) is 20.8 Å². The van der Waals surface area contributed by atoms with E-state index in [0.717, 1.165) is 5.56 Å². The lowest BCUT2D eigenvalue weighted by atomic mass is 10.1. The molecule has 3 N–H and O–H groups in total. The van der Waals surface area contributed by atoms with E-state index >= 15 is 0 Å². The van der Waals surface area contributed by atoms with Gasteiger partial charge in [-0.15, -0.1) is 0 Å². The lowest BCUT2D eigenvalue weighted by molar-refractivity contribution is 0.0955. The zero-order valence-electron chi connectivity index (χ0n) is 14.7. The van der Waals surface area contributed by atoms with Crippen LogP contribution < -0.4 is 20.6 Å². The first-order valence-corrected chi connectivity index (χ1v) is 8.15. The SMILES string of the molecule is CCOc1ccc(/C(C)=N\NC(=O)c2ccc(N)cc2)cc1OCC. The summed E-state index contributed by atoms with van der Waals surface area (Å²) in [5.74, 6) is 1.04. The molecule has 2 aromatic carbocycles. The minimum atomic E-state index is -0.296. The summed E-state index contributed by atoms with van der Waals surface area (Å²) in [6, 6.07) is 12.2. The second-order valence-corrected chi connectivity index (χ2v) is 5.29. The van der Waals surface area contributed by atoms with E-state index in [1.54, 1.807) is 24.3 Å². The van der Waals surface area contributed by atoms with E-state index in [0.29, 0.717) is 41.7 Å². The van der Waals surface area contributed by atoms with Gasteiger partial charge in [-0.2, -0.15) is 5.10 Å². The van der Waals surface area contributed by atoms with Crippen LogP contribution in [0.5, 0.6) is 11.5 Å². The summed E-state index contributed by atoms with van der Waals surface area (Å²) in [6.45, 7) is 6.74. The molecule has 0 atom stereocenters. The molecular formula is C19H23N3O3. The van der Waals surface area contributed by atoms with Gasteiger partial charge in [0.05, 0.1) is 18.9 Å². The number of carbonyl (C=O) groups excluding carboxylic acids is 1. The van der Waals surface area contributed by atoms with Crippen molar-refractivity contribution < 1.29 is 14.3 Å². The average Bonchev–Trinajstić information content (AvgIpc) is 2.62. The molecule has 6 heteroatoms. The maximum absolute atomic E-state index is 12.1. The van der Waals surface area contributed by atoms with Crippen molar-refractivity contribution in [2.75, 3.05) is 18.9 Å². The number of hydrogen-bond donors (Lipinski definition) is 2. The van der Waals surface area contributed by atoms with Gasteiger partial charge in [-0.05, 0) is 63.2 Å². The van der Waals surface area contributed by atoms with Gasteiger partial charge in [0.15, 0.2) is 11.5 Å². The Morgan fingerprint density at radius 3 is 2.24 bits per heavy atom. The Balaban J connectivity index is 2.14. The zero-order valence-corrected chi connectivity index (χ0v) is 14.7. The first-order valence-electron chi connectivity index (χ1n) is 8.15. The van der Waals surface area contributed by atoms with Crippen LogP contribution in [-0.4, -0.2) is 24.8 Å². The number of carbonyl (C=O) groups is 1. The molecule has 1 amide bonds. The van der Waals surface area contributed by atoms with Gasteiger partial charge in [0.25, 0.3) is 5.91 Å². The van der Waals surface area contributed by atoms with Crippen molar-refractivity contribution in [3.8, 4) is 11.5 Å². The van der Waals surface area contributed by atoms with E-state index < -0.39 is 0 Å². The Bertz CT molecular complexity index is 755. The third kappa shape index (κ3) is 4.97. The van der Waals surface area contributed by atoms with Crippen LogP contribution in [0.3, 0.4) is 0 Å².